The van der Waals surface area contributed by atoms with Gasteiger partial charge in [-0.25, -0.2) is 0 Å². The molecule has 1 aromatic heterocycles. The van der Waals surface area contributed by atoms with Crippen LogP contribution in [0.3, 0.4) is 0 Å². The van der Waals surface area contributed by atoms with Crippen molar-refractivity contribution in [3.8, 4) is 0 Å². The Bertz CT molecular complexity index is 183. The molecule has 0 saturated carbocycles. The van der Waals surface area contributed by atoms with Crippen molar-refractivity contribution in [1.29, 1.82) is 0 Å². The van der Waals surface area contributed by atoms with E-state index in [9.17, 15) is 0 Å². The summed E-state index contributed by atoms with van der Waals surface area (Å²) in [5.74, 6) is 6.00. The van der Waals surface area contributed by atoms with Gasteiger partial charge in [-0.3, -0.25) is 11.3 Å². The molecule has 1 rings (SSSR count). The zero-order chi connectivity index (χ0) is 6.69. The summed E-state index contributed by atoms with van der Waals surface area (Å²) in [4.78, 5) is 0. The predicted molar refractivity (Wildman–Crippen MR) is 34.5 cm³/mol. The molecule has 0 aliphatic heterocycles. The molecule has 3 heteroatoms. The largest absolute Gasteiger partial charge is 0.469 e. The van der Waals surface area contributed by atoms with E-state index in [4.69, 9.17) is 10.3 Å². The monoisotopic (exact) mass is 126 g/mol. The maximum atomic E-state index is 5.08. The van der Waals surface area contributed by atoms with E-state index < -0.39 is 0 Å². The SMILES string of the molecule is Cc1cc(CNN)co1. The van der Waals surface area contributed by atoms with Crippen LogP contribution in [0.25, 0.3) is 0 Å². The van der Waals surface area contributed by atoms with Gasteiger partial charge in [-0.05, 0) is 13.0 Å². The van der Waals surface area contributed by atoms with Crippen LogP contribution in [0.4, 0.5) is 0 Å². The Balaban J connectivity index is 2.61. The normalized spacial score (nSPS) is 10.0. The Hall–Kier alpha value is -0.800. The summed E-state index contributed by atoms with van der Waals surface area (Å²) in [7, 11) is 0. The van der Waals surface area contributed by atoms with E-state index in [-0.39, 0.29) is 0 Å². The van der Waals surface area contributed by atoms with Gasteiger partial charge in [0.1, 0.15) is 5.76 Å². The summed E-state index contributed by atoms with van der Waals surface area (Å²) >= 11 is 0. The van der Waals surface area contributed by atoms with Crippen molar-refractivity contribution in [2.75, 3.05) is 0 Å². The summed E-state index contributed by atoms with van der Waals surface area (Å²) in [6, 6.07) is 1.94. The Morgan fingerprint density at radius 3 is 3.00 bits per heavy atom. The number of aryl methyl sites for hydroxylation is 1. The van der Waals surface area contributed by atoms with Crippen molar-refractivity contribution in [2.45, 2.75) is 13.5 Å². The molecule has 0 unspecified atom stereocenters. The molecule has 0 amide bonds. The number of hydrogen-bond acceptors (Lipinski definition) is 3. The molecule has 1 aromatic rings. The van der Waals surface area contributed by atoms with Gasteiger partial charge in [-0.1, -0.05) is 0 Å². The molecule has 0 atom stereocenters. The van der Waals surface area contributed by atoms with Gasteiger partial charge in [0.25, 0.3) is 0 Å². The maximum Gasteiger partial charge on any atom is 0.101 e. The molecule has 0 aliphatic carbocycles. The van der Waals surface area contributed by atoms with Crippen LogP contribution in [0.2, 0.25) is 0 Å². The van der Waals surface area contributed by atoms with E-state index in [2.05, 4.69) is 5.43 Å². The number of nitrogens with two attached hydrogens (primary N) is 1. The van der Waals surface area contributed by atoms with E-state index in [1.807, 2.05) is 13.0 Å². The molecule has 3 N–H and O–H groups in total. The minimum atomic E-state index is 0.664. The number of hydrogen-bond donors (Lipinski definition) is 2. The first kappa shape index (κ1) is 6.32. The molecule has 9 heavy (non-hydrogen) atoms. The van der Waals surface area contributed by atoms with Crippen LogP contribution >= 0.6 is 0 Å². The molecule has 0 saturated heterocycles. The molecular formula is C6H10N2O. The number of rotatable bonds is 2. The zero-order valence-electron chi connectivity index (χ0n) is 5.35. The lowest BCUT2D eigenvalue weighted by Gasteiger charge is -1.88. The van der Waals surface area contributed by atoms with Crippen LogP contribution in [0.15, 0.2) is 16.7 Å². The van der Waals surface area contributed by atoms with Gasteiger partial charge < -0.3 is 4.42 Å². The topological polar surface area (TPSA) is 51.2 Å². The van der Waals surface area contributed by atoms with E-state index in [0.29, 0.717) is 6.54 Å². The second-order valence-corrected chi connectivity index (χ2v) is 1.95. The fraction of sp³-hybridized carbons (Fsp3) is 0.333. The van der Waals surface area contributed by atoms with Crippen LogP contribution in [-0.4, -0.2) is 0 Å². The Morgan fingerprint density at radius 2 is 2.56 bits per heavy atom. The average molecular weight is 126 g/mol. The number of furan rings is 1. The summed E-state index contributed by atoms with van der Waals surface area (Å²) < 4.78 is 5.02. The van der Waals surface area contributed by atoms with Crippen molar-refractivity contribution in [2.24, 2.45) is 5.84 Å². The average Bonchev–Trinajstić information content (AvgIpc) is 2.17. The Kier molecular flexibility index (Phi) is 1.87. The number of nitrogens with one attached hydrogen (secondary N) is 1. The van der Waals surface area contributed by atoms with Crippen molar-refractivity contribution in [1.82, 2.24) is 5.43 Å². The van der Waals surface area contributed by atoms with Gasteiger partial charge in [-0.2, -0.15) is 0 Å². The Labute approximate surface area is 53.8 Å². The third-order valence-corrected chi connectivity index (χ3v) is 1.09. The maximum absolute atomic E-state index is 5.08. The standard InChI is InChI=1S/C6H10N2O/c1-5-2-6(3-8-7)4-9-5/h2,4,8H,3,7H2,1H3. The molecule has 3 nitrogen and oxygen atoms in total. The summed E-state index contributed by atoms with van der Waals surface area (Å²) in [6.07, 6.45) is 1.69. The fourth-order valence-electron chi connectivity index (χ4n) is 0.708. The quantitative estimate of drug-likeness (QED) is 0.449. The molecule has 0 radical (unpaired) electrons. The summed E-state index contributed by atoms with van der Waals surface area (Å²) in [5, 5.41) is 0. The lowest BCUT2D eigenvalue weighted by molar-refractivity contribution is 0.530. The summed E-state index contributed by atoms with van der Waals surface area (Å²) in [6.45, 7) is 2.57. The first-order chi connectivity index (χ1) is 4.33. The van der Waals surface area contributed by atoms with Crippen molar-refractivity contribution in [3.63, 3.8) is 0 Å². The molecule has 1 heterocycles. The molecule has 0 aliphatic rings. The molecular weight excluding hydrogens is 116 g/mol. The van der Waals surface area contributed by atoms with Crippen LogP contribution in [-0.2, 0) is 6.54 Å². The third-order valence-electron chi connectivity index (χ3n) is 1.09. The van der Waals surface area contributed by atoms with Gasteiger partial charge in [-0.15, -0.1) is 0 Å². The van der Waals surface area contributed by atoms with Crippen LogP contribution < -0.4 is 11.3 Å². The van der Waals surface area contributed by atoms with Crippen LogP contribution in [0.1, 0.15) is 11.3 Å². The van der Waals surface area contributed by atoms with Gasteiger partial charge in [0.15, 0.2) is 0 Å². The third kappa shape index (κ3) is 1.55. The highest BCUT2D eigenvalue weighted by Gasteiger charge is 1.93. The molecule has 0 spiro atoms. The zero-order valence-corrected chi connectivity index (χ0v) is 5.35. The Morgan fingerprint density at radius 1 is 1.78 bits per heavy atom. The highest BCUT2D eigenvalue weighted by Crippen LogP contribution is 2.04. The first-order valence-electron chi connectivity index (χ1n) is 2.80. The van der Waals surface area contributed by atoms with E-state index in [0.717, 1.165) is 11.3 Å². The highest BCUT2D eigenvalue weighted by atomic mass is 16.3. The van der Waals surface area contributed by atoms with Gasteiger partial charge >= 0.3 is 0 Å². The lowest BCUT2D eigenvalue weighted by Crippen LogP contribution is -2.20. The van der Waals surface area contributed by atoms with E-state index in [1.54, 1.807) is 6.26 Å². The van der Waals surface area contributed by atoms with Gasteiger partial charge in [0.2, 0.25) is 0 Å². The minimum Gasteiger partial charge on any atom is -0.469 e. The first-order valence-corrected chi connectivity index (χ1v) is 2.80. The molecule has 0 aromatic carbocycles. The highest BCUT2D eigenvalue weighted by molar-refractivity contribution is 5.10. The molecule has 50 valence electrons. The van der Waals surface area contributed by atoms with E-state index >= 15 is 0 Å². The van der Waals surface area contributed by atoms with Gasteiger partial charge in [0, 0.05) is 12.1 Å². The summed E-state index contributed by atoms with van der Waals surface area (Å²) in [5.41, 5.74) is 3.62. The van der Waals surface area contributed by atoms with E-state index in [1.165, 1.54) is 0 Å². The van der Waals surface area contributed by atoms with Crippen LogP contribution in [0, 0.1) is 6.92 Å². The number of hydrazine groups is 1. The second kappa shape index (κ2) is 2.66. The van der Waals surface area contributed by atoms with Crippen molar-refractivity contribution in [3.05, 3.63) is 23.7 Å². The van der Waals surface area contributed by atoms with Crippen molar-refractivity contribution < 1.29 is 4.42 Å². The fourth-order valence-corrected chi connectivity index (χ4v) is 0.708. The lowest BCUT2D eigenvalue weighted by atomic mass is 10.3. The van der Waals surface area contributed by atoms with Crippen LogP contribution in [0.5, 0.6) is 0 Å². The smallest absolute Gasteiger partial charge is 0.101 e. The van der Waals surface area contributed by atoms with Gasteiger partial charge in [0.05, 0.1) is 6.26 Å². The minimum absolute atomic E-state index is 0.664. The van der Waals surface area contributed by atoms with Crippen molar-refractivity contribution >= 4 is 0 Å². The predicted octanol–water partition coefficient (Wildman–Crippen LogP) is 0.551. The molecule has 0 fully saturated rings. The second-order valence-electron chi connectivity index (χ2n) is 1.95. The molecule has 0 bridgehead atoms.